The molecular weight excluding hydrogens is 339 g/mol. The molecule has 4 heteroatoms. The van der Waals surface area contributed by atoms with E-state index in [1.165, 1.54) is 22.3 Å². The fourth-order valence-electron chi connectivity index (χ4n) is 1.45. The van der Waals surface area contributed by atoms with Crippen LogP contribution < -0.4 is 24.8 Å². The van der Waals surface area contributed by atoms with E-state index in [2.05, 4.69) is 66.0 Å². The average molecular weight is 363 g/mol. The maximum atomic E-state index is 2.27. The standard InChI is InChI=1S/C9H13.C5H5.C2H6Si.2ClH.Ti/c1-6-5-7(2)9(4)8(6)3;1-2-4-5-3-1;1-3-2;;;/h5H,1-4H3;1-5H;1-2H3;2*1H;/q2*-1;;;;+2/p-2. The molecule has 0 aliphatic rings. The number of halogens is 2. The van der Waals surface area contributed by atoms with Crippen LogP contribution in [0.1, 0.15) is 22.3 Å². The van der Waals surface area contributed by atoms with E-state index in [9.17, 15) is 0 Å². The van der Waals surface area contributed by atoms with E-state index in [1.54, 1.807) is 0 Å². The molecule has 0 bridgehead atoms. The minimum atomic E-state index is 0. The third kappa shape index (κ3) is 12.0. The van der Waals surface area contributed by atoms with Gasteiger partial charge in [0, 0.05) is 0 Å². The predicted octanol–water partition coefficient (Wildman–Crippen LogP) is -1.16. The van der Waals surface area contributed by atoms with E-state index < -0.39 is 0 Å². The molecule has 0 N–H and O–H groups in total. The second kappa shape index (κ2) is 14.2. The molecule has 0 fully saturated rings. The summed E-state index contributed by atoms with van der Waals surface area (Å²) in [6.07, 6.45) is 0.120. The van der Waals surface area contributed by atoms with Crippen LogP contribution in [0.25, 0.3) is 0 Å². The van der Waals surface area contributed by atoms with Crippen molar-refractivity contribution >= 4 is 6.19 Å². The van der Waals surface area contributed by atoms with Gasteiger partial charge < -0.3 is 24.8 Å². The molecular formula is C16H24Cl2SiTi-2. The van der Waals surface area contributed by atoms with Crippen molar-refractivity contribution in [2.75, 3.05) is 0 Å². The molecule has 0 atom stereocenters. The molecule has 0 spiro atoms. The third-order valence-electron chi connectivity index (χ3n) is 2.73. The fraction of sp³-hybridized carbons (Fsp3) is 0.375. The van der Waals surface area contributed by atoms with E-state index >= 15 is 0 Å². The molecule has 0 aliphatic carbocycles. The van der Waals surface area contributed by atoms with Crippen molar-refractivity contribution in [1.29, 1.82) is 0 Å². The van der Waals surface area contributed by atoms with Crippen LogP contribution in [0.15, 0.2) is 36.4 Å². The molecule has 112 valence electrons. The summed E-state index contributed by atoms with van der Waals surface area (Å²) < 4.78 is 0. The van der Waals surface area contributed by atoms with E-state index in [1.807, 2.05) is 30.3 Å². The van der Waals surface area contributed by atoms with Gasteiger partial charge in [0.2, 0.25) is 0 Å². The first-order chi connectivity index (χ1) is 8.36. The molecule has 0 amide bonds. The Labute approximate surface area is 149 Å². The van der Waals surface area contributed by atoms with E-state index in [4.69, 9.17) is 0 Å². The smallest absolute Gasteiger partial charge is 0.0630 e. The molecule has 2 aromatic carbocycles. The Morgan fingerprint density at radius 2 is 1.45 bits per heavy atom. The van der Waals surface area contributed by atoms with Crippen LogP contribution in [0.4, 0.5) is 0 Å². The topological polar surface area (TPSA) is 0 Å². The van der Waals surface area contributed by atoms with Crippen LogP contribution >= 0.6 is 0 Å². The Balaban J connectivity index is -0.000000228. The molecule has 2 aromatic rings. The van der Waals surface area contributed by atoms with Gasteiger partial charge in [0.15, 0.2) is 0 Å². The molecule has 2 rings (SSSR count). The fourth-order valence-corrected chi connectivity index (χ4v) is 1.45. The zero-order valence-electron chi connectivity index (χ0n) is 13.2. The maximum absolute atomic E-state index is 2.27. The summed E-state index contributed by atoms with van der Waals surface area (Å²) in [4.78, 5) is 0. The van der Waals surface area contributed by atoms with E-state index in [-0.39, 0.29) is 31.0 Å². The van der Waals surface area contributed by atoms with Crippen molar-refractivity contribution in [3.8, 4) is 0 Å². The van der Waals surface area contributed by atoms with Gasteiger partial charge in [0.1, 0.15) is 0 Å². The Morgan fingerprint density at radius 1 is 1.05 bits per heavy atom. The first kappa shape index (κ1) is 25.2. The van der Waals surface area contributed by atoms with Crippen molar-refractivity contribution in [2.24, 2.45) is 0 Å². The van der Waals surface area contributed by atoms with Crippen LogP contribution in [0.5, 0.6) is 0 Å². The Hall–Kier alpha value is 0.211. The maximum Gasteiger partial charge on any atom is -0.0630 e. The van der Waals surface area contributed by atoms with Crippen LogP contribution in [-0.2, 0) is 19.2 Å². The summed E-state index contributed by atoms with van der Waals surface area (Å²) in [5, 5.41) is 0. The van der Waals surface area contributed by atoms with Crippen LogP contribution in [0.2, 0.25) is 13.1 Å². The second-order valence-electron chi connectivity index (χ2n) is 4.72. The normalized spacial score (nSPS) is 8.00. The zero-order chi connectivity index (χ0) is 14.1. The summed E-state index contributed by atoms with van der Waals surface area (Å²) in [5.74, 6) is 0. The Bertz CT molecular complexity index is 415. The average Bonchev–Trinajstić information content (AvgIpc) is 2.89. The van der Waals surface area contributed by atoms with Crippen LogP contribution in [0.3, 0.4) is 0 Å². The molecule has 0 aromatic heterocycles. The molecule has 0 nitrogen and oxygen atoms in total. The molecule has 20 heavy (non-hydrogen) atoms. The van der Waals surface area contributed by atoms with Gasteiger partial charge in [-0.3, -0.25) is 0 Å². The monoisotopic (exact) mass is 362 g/mol. The minimum absolute atomic E-state index is 0. The van der Waals surface area contributed by atoms with Gasteiger partial charge in [0.25, 0.3) is 0 Å². The van der Waals surface area contributed by atoms with Gasteiger partial charge in [-0.1, -0.05) is 27.7 Å². The minimum Gasteiger partial charge on any atom is -1.00 e. The van der Waals surface area contributed by atoms with Gasteiger partial charge in [0.05, 0.1) is 0 Å². The summed E-state index contributed by atoms with van der Waals surface area (Å²) in [7, 11) is 0. The summed E-state index contributed by atoms with van der Waals surface area (Å²) in [5.41, 5.74) is 5.75. The number of aryl methyl sites for hydroxylation is 2. The number of rotatable bonds is 0. The van der Waals surface area contributed by atoms with E-state index in [0.717, 1.165) is 0 Å². The first-order valence-electron chi connectivity index (χ1n) is 6.24. The summed E-state index contributed by atoms with van der Waals surface area (Å²) in [6, 6.07) is 12.2. The summed E-state index contributed by atoms with van der Waals surface area (Å²) >= 11 is 2.27. The number of hydrogen-bond acceptors (Lipinski definition) is 0. The predicted molar refractivity (Wildman–Crippen MR) is 80.5 cm³/mol. The van der Waals surface area contributed by atoms with Crippen molar-refractivity contribution in [2.45, 2.75) is 40.8 Å². The SMILES string of the molecule is C[Si](C)=[Ti+2].Cc1c[c-](C)c(C)c1C.[Cl-].[Cl-].c1cc[cH-]c1. The molecule has 0 radical (unpaired) electrons. The molecule has 0 aliphatic heterocycles. The quantitative estimate of drug-likeness (QED) is 0.409. The Kier molecular flexibility index (Phi) is 17.8. The Morgan fingerprint density at radius 3 is 1.55 bits per heavy atom. The molecule has 0 saturated carbocycles. The van der Waals surface area contributed by atoms with Gasteiger partial charge in [-0.25, -0.2) is 12.1 Å². The summed E-state index contributed by atoms with van der Waals surface area (Å²) in [6.45, 7) is 13.2. The van der Waals surface area contributed by atoms with Crippen molar-refractivity contribution in [3.05, 3.63) is 58.7 Å². The first-order valence-corrected chi connectivity index (χ1v) is 11.1. The third-order valence-corrected chi connectivity index (χ3v) is 2.73. The van der Waals surface area contributed by atoms with Crippen molar-refractivity contribution in [1.82, 2.24) is 0 Å². The van der Waals surface area contributed by atoms with Crippen LogP contribution in [0, 0.1) is 27.7 Å². The van der Waals surface area contributed by atoms with Crippen LogP contribution in [-0.4, -0.2) is 6.19 Å². The van der Waals surface area contributed by atoms with Gasteiger partial charge in [-0.05, 0) is 0 Å². The molecule has 0 unspecified atom stereocenters. The molecule has 0 heterocycles. The van der Waals surface area contributed by atoms with Crippen molar-refractivity contribution in [3.63, 3.8) is 0 Å². The second-order valence-corrected chi connectivity index (χ2v) is 11.4. The largest absolute Gasteiger partial charge is 1.00 e. The van der Waals surface area contributed by atoms with Gasteiger partial charge >= 0.3 is 38.5 Å². The van der Waals surface area contributed by atoms with E-state index in [0.29, 0.717) is 0 Å². The zero-order valence-corrected chi connectivity index (χ0v) is 17.3. The van der Waals surface area contributed by atoms with Gasteiger partial charge in [-0.15, -0.1) is 0 Å². The molecule has 0 saturated heterocycles. The van der Waals surface area contributed by atoms with Gasteiger partial charge in [-0.2, -0.15) is 46.5 Å². The number of hydrogen-bond donors (Lipinski definition) is 0. The van der Waals surface area contributed by atoms with Crippen molar-refractivity contribution < 1.29 is 44.0 Å².